The molecule has 0 radical (unpaired) electrons. The number of nitro groups is 1. The Morgan fingerprint density at radius 2 is 1.67 bits per heavy atom. The number of carbonyl (C=O) groups excluding carboxylic acids is 1. The Balaban J connectivity index is 1.67. The molecule has 0 unspecified atom stereocenters. The molecule has 136 valence electrons. The van der Waals surface area contributed by atoms with E-state index in [0.29, 0.717) is 5.69 Å². The van der Waals surface area contributed by atoms with E-state index >= 15 is 0 Å². The number of rotatable bonds is 6. The fourth-order valence-corrected chi connectivity index (χ4v) is 2.68. The van der Waals surface area contributed by atoms with Gasteiger partial charge in [-0.2, -0.15) is 0 Å². The fraction of sp³-hybridized carbons (Fsp3) is 0.0952. The molecule has 0 saturated carbocycles. The molecular formula is C21H18N2O4. The van der Waals surface area contributed by atoms with Crippen molar-refractivity contribution in [3.05, 3.63) is 94.0 Å². The predicted octanol–water partition coefficient (Wildman–Crippen LogP) is 4.66. The Labute approximate surface area is 156 Å². The molecular weight excluding hydrogens is 344 g/mol. The number of hydrogen-bond donors (Lipinski definition) is 1. The molecule has 0 bridgehead atoms. The molecule has 3 rings (SSSR count). The van der Waals surface area contributed by atoms with Crippen LogP contribution < -0.4 is 5.32 Å². The van der Waals surface area contributed by atoms with Crippen molar-refractivity contribution in [1.29, 1.82) is 0 Å². The summed E-state index contributed by atoms with van der Waals surface area (Å²) in [5.41, 5.74) is 3.33. The first-order valence-electron chi connectivity index (χ1n) is 8.36. The molecule has 0 atom stereocenters. The van der Waals surface area contributed by atoms with E-state index in [1.54, 1.807) is 7.05 Å². The molecule has 0 aliphatic carbocycles. The summed E-state index contributed by atoms with van der Waals surface area (Å²) in [6.07, 6.45) is 0. The molecule has 0 saturated heterocycles. The van der Waals surface area contributed by atoms with E-state index in [4.69, 9.17) is 4.74 Å². The fourth-order valence-electron chi connectivity index (χ4n) is 2.68. The lowest BCUT2D eigenvalue weighted by Crippen LogP contribution is -2.07. The summed E-state index contributed by atoms with van der Waals surface area (Å²) in [5.74, 6) is -0.604. The second-order valence-electron chi connectivity index (χ2n) is 5.88. The third kappa shape index (κ3) is 4.30. The summed E-state index contributed by atoms with van der Waals surface area (Å²) >= 11 is 0. The van der Waals surface area contributed by atoms with Crippen LogP contribution in [-0.4, -0.2) is 17.9 Å². The zero-order chi connectivity index (χ0) is 19.2. The zero-order valence-corrected chi connectivity index (χ0v) is 14.7. The van der Waals surface area contributed by atoms with Crippen molar-refractivity contribution >= 4 is 17.3 Å². The van der Waals surface area contributed by atoms with Crippen LogP contribution in [0.15, 0.2) is 72.8 Å². The van der Waals surface area contributed by atoms with Crippen LogP contribution in [0.3, 0.4) is 0 Å². The Kier molecular flexibility index (Phi) is 5.47. The monoisotopic (exact) mass is 362 g/mol. The van der Waals surface area contributed by atoms with Crippen LogP contribution in [0.5, 0.6) is 0 Å². The SMILES string of the molecule is CNc1ccc(C(=O)OCc2ccc(-c3ccccc3)cc2)cc1[N+](=O)[O-]. The molecule has 6 heteroatoms. The van der Waals surface area contributed by atoms with Crippen LogP contribution in [0.1, 0.15) is 15.9 Å². The number of carbonyl (C=O) groups is 1. The van der Waals surface area contributed by atoms with Gasteiger partial charge < -0.3 is 10.1 Å². The van der Waals surface area contributed by atoms with E-state index in [-0.39, 0.29) is 17.9 Å². The molecule has 0 aromatic heterocycles. The summed E-state index contributed by atoms with van der Waals surface area (Å²) in [4.78, 5) is 22.8. The van der Waals surface area contributed by atoms with E-state index in [9.17, 15) is 14.9 Å². The van der Waals surface area contributed by atoms with Crippen LogP contribution in [0.2, 0.25) is 0 Å². The summed E-state index contributed by atoms with van der Waals surface area (Å²) < 4.78 is 5.29. The Morgan fingerprint density at radius 1 is 1.00 bits per heavy atom. The Bertz CT molecular complexity index is 954. The zero-order valence-electron chi connectivity index (χ0n) is 14.7. The molecule has 3 aromatic rings. The molecule has 0 spiro atoms. The molecule has 27 heavy (non-hydrogen) atoms. The summed E-state index contributed by atoms with van der Waals surface area (Å²) in [5, 5.41) is 13.8. The lowest BCUT2D eigenvalue weighted by molar-refractivity contribution is -0.384. The number of anilines is 1. The van der Waals surface area contributed by atoms with E-state index in [2.05, 4.69) is 5.32 Å². The highest BCUT2D eigenvalue weighted by Gasteiger charge is 2.17. The van der Waals surface area contributed by atoms with Crippen LogP contribution in [0.25, 0.3) is 11.1 Å². The lowest BCUT2D eigenvalue weighted by Gasteiger charge is -2.08. The van der Waals surface area contributed by atoms with Gasteiger partial charge in [-0.25, -0.2) is 4.79 Å². The van der Waals surface area contributed by atoms with Crippen molar-refractivity contribution in [3.8, 4) is 11.1 Å². The number of benzene rings is 3. The lowest BCUT2D eigenvalue weighted by atomic mass is 10.0. The largest absolute Gasteiger partial charge is 0.457 e. The standard InChI is InChI=1S/C21H18N2O4/c1-22-19-12-11-18(13-20(19)23(25)26)21(24)27-14-15-7-9-17(10-8-15)16-5-3-2-4-6-16/h2-13,22H,14H2,1H3. The van der Waals surface area contributed by atoms with Crippen LogP contribution in [0.4, 0.5) is 11.4 Å². The minimum Gasteiger partial charge on any atom is -0.457 e. The molecule has 0 aliphatic rings. The maximum absolute atomic E-state index is 12.2. The highest BCUT2D eigenvalue weighted by molar-refractivity contribution is 5.91. The highest BCUT2D eigenvalue weighted by Crippen LogP contribution is 2.25. The highest BCUT2D eigenvalue weighted by atomic mass is 16.6. The Morgan fingerprint density at radius 3 is 2.30 bits per heavy atom. The summed E-state index contributed by atoms with van der Waals surface area (Å²) in [6.45, 7) is 0.0927. The number of esters is 1. The summed E-state index contributed by atoms with van der Waals surface area (Å²) in [7, 11) is 1.58. The van der Waals surface area contributed by atoms with Gasteiger partial charge in [-0.05, 0) is 28.8 Å². The predicted molar refractivity (Wildman–Crippen MR) is 104 cm³/mol. The molecule has 0 fully saturated rings. The number of ether oxygens (including phenoxy) is 1. The number of nitro benzene ring substituents is 1. The maximum Gasteiger partial charge on any atom is 0.338 e. The number of nitrogens with one attached hydrogen (secondary N) is 1. The van der Waals surface area contributed by atoms with Crippen molar-refractivity contribution in [2.45, 2.75) is 6.61 Å². The van der Waals surface area contributed by atoms with E-state index in [1.807, 2.05) is 54.6 Å². The van der Waals surface area contributed by atoms with Gasteiger partial charge in [0.1, 0.15) is 12.3 Å². The quantitative estimate of drug-likeness (QED) is 0.392. The second kappa shape index (κ2) is 8.14. The van der Waals surface area contributed by atoms with Gasteiger partial charge in [0.05, 0.1) is 10.5 Å². The number of nitrogens with zero attached hydrogens (tertiary/aromatic N) is 1. The third-order valence-corrected chi connectivity index (χ3v) is 4.13. The van der Waals surface area contributed by atoms with Gasteiger partial charge >= 0.3 is 5.97 Å². The first-order chi connectivity index (χ1) is 13.1. The van der Waals surface area contributed by atoms with Crippen molar-refractivity contribution in [1.82, 2.24) is 0 Å². The smallest absolute Gasteiger partial charge is 0.338 e. The van der Waals surface area contributed by atoms with Crippen LogP contribution in [0, 0.1) is 10.1 Å². The maximum atomic E-state index is 12.2. The van der Waals surface area contributed by atoms with Crippen LogP contribution in [-0.2, 0) is 11.3 Å². The van der Waals surface area contributed by atoms with Crippen molar-refractivity contribution in [2.24, 2.45) is 0 Å². The van der Waals surface area contributed by atoms with E-state index in [1.165, 1.54) is 18.2 Å². The minimum absolute atomic E-state index is 0.0927. The van der Waals surface area contributed by atoms with Gasteiger partial charge in [0, 0.05) is 13.1 Å². The first kappa shape index (κ1) is 18.1. The molecule has 1 N–H and O–H groups in total. The van der Waals surface area contributed by atoms with E-state index in [0.717, 1.165) is 16.7 Å². The Hall–Kier alpha value is -3.67. The summed E-state index contributed by atoms with van der Waals surface area (Å²) in [6, 6.07) is 21.9. The first-order valence-corrected chi connectivity index (χ1v) is 8.36. The third-order valence-electron chi connectivity index (χ3n) is 4.13. The second-order valence-corrected chi connectivity index (χ2v) is 5.88. The van der Waals surface area contributed by atoms with Gasteiger partial charge in [-0.3, -0.25) is 10.1 Å². The molecule has 0 aliphatic heterocycles. The molecule has 0 amide bonds. The van der Waals surface area contributed by atoms with Gasteiger partial charge in [0.25, 0.3) is 5.69 Å². The molecule has 0 heterocycles. The minimum atomic E-state index is -0.604. The number of hydrogen-bond acceptors (Lipinski definition) is 5. The van der Waals surface area contributed by atoms with Gasteiger partial charge in [-0.1, -0.05) is 54.6 Å². The average Bonchev–Trinajstić information content (AvgIpc) is 2.72. The average molecular weight is 362 g/mol. The van der Waals surface area contributed by atoms with Crippen molar-refractivity contribution in [2.75, 3.05) is 12.4 Å². The van der Waals surface area contributed by atoms with Crippen molar-refractivity contribution < 1.29 is 14.5 Å². The van der Waals surface area contributed by atoms with Gasteiger partial charge in [-0.15, -0.1) is 0 Å². The normalized spacial score (nSPS) is 10.3. The van der Waals surface area contributed by atoms with Gasteiger partial charge in [0.15, 0.2) is 0 Å². The van der Waals surface area contributed by atoms with Gasteiger partial charge in [0.2, 0.25) is 0 Å². The van der Waals surface area contributed by atoms with Crippen molar-refractivity contribution in [3.63, 3.8) is 0 Å². The molecule has 3 aromatic carbocycles. The topological polar surface area (TPSA) is 81.5 Å². The molecule has 6 nitrogen and oxygen atoms in total. The van der Waals surface area contributed by atoms with E-state index < -0.39 is 10.9 Å². The van der Waals surface area contributed by atoms with Crippen LogP contribution >= 0.6 is 0 Å².